The molecule has 0 saturated carbocycles. The van der Waals surface area contributed by atoms with Crippen LogP contribution in [0.1, 0.15) is 12.5 Å². The van der Waals surface area contributed by atoms with Gasteiger partial charge in [-0.2, -0.15) is 13.1 Å². The number of nitrogens with two attached hydrogens (primary N) is 1. The highest BCUT2D eigenvalue weighted by molar-refractivity contribution is 8.09. The number of H-pyrrole nitrogens is 1. The van der Waals surface area contributed by atoms with Gasteiger partial charge in [0.25, 0.3) is 5.56 Å². The highest BCUT2D eigenvalue weighted by Gasteiger charge is 2.56. The summed E-state index contributed by atoms with van der Waals surface area (Å²) in [6.07, 6.45) is -7.25. The molecule has 3 saturated heterocycles. The minimum atomic E-state index is -4.71. The maximum Gasteiger partial charge on any atom is 0.336 e. The van der Waals surface area contributed by atoms with Gasteiger partial charge < -0.3 is 29.6 Å². The van der Waals surface area contributed by atoms with E-state index >= 15 is 8.78 Å². The van der Waals surface area contributed by atoms with Crippen molar-refractivity contribution in [1.82, 2.24) is 43.8 Å². The lowest BCUT2D eigenvalue weighted by Gasteiger charge is -2.28. The first-order valence-electron chi connectivity index (χ1n) is 12.5. The molecule has 7 rings (SSSR count). The smallest absolute Gasteiger partial charge is 0.336 e. The normalized spacial score (nSPS) is 36.3. The molecule has 3 fully saturated rings. The lowest BCUT2D eigenvalue weighted by Crippen LogP contribution is -2.42. The number of hydrogen-bond acceptors (Lipinski definition) is 14. The van der Waals surface area contributed by atoms with Gasteiger partial charge in [0.15, 0.2) is 53.9 Å². The van der Waals surface area contributed by atoms with Gasteiger partial charge in [-0.15, -0.1) is 0 Å². The Kier molecular flexibility index (Phi) is 6.83. The standard InChI is InChI=1S/C20H21F2N10O8PS2/c21-9-13-8(39-19(9)31-5-28-11-15(23)24-3-25-16(11)31)2-37-41(34,42)14-7(1-30-43(35,36)40-13)38-20(10(14)22)32-6-29-12-17(32)26-4-27-18(12)33/h3-10,13-14,19-20,30H,1-2H2,(H,34,42)(H2,23,24,25)(H,26,27,33)/t7-,8-,9-,10-,13-,14-,19-,20+,41?/m1/s1. The molecule has 7 heterocycles. The van der Waals surface area contributed by atoms with E-state index in [2.05, 4.69) is 34.6 Å². The topological polar surface area (TPSA) is 237 Å². The van der Waals surface area contributed by atoms with E-state index in [1.165, 1.54) is 10.9 Å². The van der Waals surface area contributed by atoms with E-state index in [1.807, 2.05) is 0 Å². The summed E-state index contributed by atoms with van der Waals surface area (Å²) in [4.78, 5) is 45.6. The van der Waals surface area contributed by atoms with Crippen LogP contribution in [-0.2, 0) is 40.3 Å². The number of halogens is 2. The van der Waals surface area contributed by atoms with Crippen LogP contribution in [0.15, 0.2) is 30.1 Å². The number of aromatic amines is 1. The van der Waals surface area contributed by atoms with E-state index < -0.39 is 84.3 Å². The van der Waals surface area contributed by atoms with Crippen molar-refractivity contribution in [2.45, 2.75) is 48.8 Å². The molecule has 18 nitrogen and oxygen atoms in total. The summed E-state index contributed by atoms with van der Waals surface area (Å²) in [5, 5.41) is 0. The van der Waals surface area contributed by atoms with Gasteiger partial charge in [0.2, 0.25) is 0 Å². The van der Waals surface area contributed by atoms with Gasteiger partial charge in [-0.3, -0.25) is 13.9 Å². The Labute approximate surface area is 244 Å². The minimum Gasteiger partial charge on any atom is -0.382 e. The van der Waals surface area contributed by atoms with Gasteiger partial charge in [0.1, 0.15) is 24.1 Å². The van der Waals surface area contributed by atoms with Gasteiger partial charge >= 0.3 is 10.3 Å². The minimum absolute atomic E-state index is 0.0192. The molecule has 0 aliphatic carbocycles. The molecule has 0 spiro atoms. The fourth-order valence-corrected chi connectivity index (χ4v) is 8.92. The molecule has 3 aliphatic heterocycles. The third-order valence-corrected chi connectivity index (χ3v) is 11.3. The molecule has 1 unspecified atom stereocenters. The van der Waals surface area contributed by atoms with E-state index in [0.29, 0.717) is 0 Å². The van der Waals surface area contributed by atoms with Crippen molar-refractivity contribution in [3.8, 4) is 0 Å². The summed E-state index contributed by atoms with van der Waals surface area (Å²) >= 11 is 5.35. The first-order chi connectivity index (χ1) is 20.4. The van der Waals surface area contributed by atoms with E-state index in [1.54, 1.807) is 0 Å². The van der Waals surface area contributed by atoms with Gasteiger partial charge in [0, 0.05) is 6.54 Å². The molecule has 23 heteroatoms. The average Bonchev–Trinajstić information content (AvgIpc) is 3.71. The molecule has 0 bridgehead atoms. The van der Waals surface area contributed by atoms with Crippen molar-refractivity contribution < 1.29 is 40.3 Å². The average molecular weight is 663 g/mol. The zero-order chi connectivity index (χ0) is 30.3. The molecule has 230 valence electrons. The third-order valence-electron chi connectivity index (χ3n) is 7.36. The first kappa shape index (κ1) is 28.7. The Bertz CT molecular complexity index is 1940. The van der Waals surface area contributed by atoms with Gasteiger partial charge in [-0.05, 0) is 11.8 Å². The Balaban J connectivity index is 1.20. The number of anilines is 1. The van der Waals surface area contributed by atoms with E-state index in [-0.39, 0.29) is 28.1 Å². The molecule has 5 N–H and O–H groups in total. The lowest BCUT2D eigenvalue weighted by molar-refractivity contribution is -0.0387. The van der Waals surface area contributed by atoms with Crippen molar-refractivity contribution in [1.29, 1.82) is 0 Å². The number of nitrogens with zero attached hydrogens (tertiary/aromatic N) is 7. The van der Waals surface area contributed by atoms with Crippen LogP contribution >= 0.6 is 6.49 Å². The third kappa shape index (κ3) is 4.73. The number of rotatable bonds is 2. The summed E-state index contributed by atoms with van der Waals surface area (Å²) in [5.74, 6) is 0.0263. The molecular weight excluding hydrogens is 641 g/mol. The highest BCUT2D eigenvalue weighted by Crippen LogP contribution is 2.57. The summed E-state index contributed by atoms with van der Waals surface area (Å²) in [6, 6.07) is 0. The number of aromatic nitrogens is 8. The fourth-order valence-electron chi connectivity index (χ4n) is 5.39. The number of nitrogen functional groups attached to an aromatic ring is 1. The Morgan fingerprint density at radius 2 is 1.70 bits per heavy atom. The molecule has 43 heavy (non-hydrogen) atoms. The first-order valence-corrected chi connectivity index (χ1v) is 16.7. The second-order valence-electron chi connectivity index (χ2n) is 9.87. The van der Waals surface area contributed by atoms with E-state index in [4.69, 9.17) is 35.7 Å². The lowest BCUT2D eigenvalue weighted by atomic mass is 10.1. The number of imidazole rings is 2. The zero-order valence-electron chi connectivity index (χ0n) is 21.4. The number of alkyl halides is 2. The molecule has 4 aromatic rings. The number of fused-ring (bicyclic) bond motifs is 4. The molecule has 3 aliphatic rings. The maximum atomic E-state index is 16.1. The van der Waals surface area contributed by atoms with E-state index in [0.717, 1.165) is 23.5 Å². The summed E-state index contributed by atoms with van der Waals surface area (Å²) in [7, 11) is -4.71. The van der Waals surface area contributed by atoms with Crippen LogP contribution in [-0.4, -0.2) is 102 Å². The van der Waals surface area contributed by atoms with Crippen LogP contribution in [0.25, 0.3) is 22.3 Å². The van der Waals surface area contributed by atoms with Crippen LogP contribution in [0.4, 0.5) is 14.6 Å². The predicted molar refractivity (Wildman–Crippen MR) is 144 cm³/mol. The van der Waals surface area contributed by atoms with Crippen LogP contribution < -0.4 is 16.0 Å². The van der Waals surface area contributed by atoms with Gasteiger partial charge in [-0.1, -0.05) is 0 Å². The van der Waals surface area contributed by atoms with Crippen molar-refractivity contribution in [3.05, 3.63) is 35.7 Å². The summed E-state index contributed by atoms with van der Waals surface area (Å²) < 4.78 is 84.6. The Hall–Kier alpha value is -3.08. The van der Waals surface area contributed by atoms with Gasteiger partial charge in [0.05, 0.1) is 37.4 Å². The summed E-state index contributed by atoms with van der Waals surface area (Å²) in [6.45, 7) is -5.46. The molecule has 0 radical (unpaired) electrons. The van der Waals surface area contributed by atoms with Crippen LogP contribution in [0.5, 0.6) is 0 Å². The van der Waals surface area contributed by atoms with Crippen LogP contribution in [0.2, 0.25) is 0 Å². The van der Waals surface area contributed by atoms with E-state index in [9.17, 15) is 18.1 Å². The van der Waals surface area contributed by atoms with Crippen molar-refractivity contribution in [2.24, 2.45) is 0 Å². The molecule has 4 aromatic heterocycles. The molecule has 0 amide bonds. The largest absolute Gasteiger partial charge is 0.382 e. The quantitative estimate of drug-likeness (QED) is 0.187. The number of hydrogen-bond donors (Lipinski definition) is 4. The maximum absolute atomic E-state index is 16.1. The zero-order valence-corrected chi connectivity index (χ0v) is 23.9. The second-order valence-corrected chi connectivity index (χ2v) is 14.8. The second kappa shape index (κ2) is 10.2. The fraction of sp³-hybridized carbons (Fsp3) is 0.500. The number of nitrogens with one attached hydrogen (secondary N) is 2. The molecule has 0 aromatic carbocycles. The monoisotopic (exact) mass is 662 g/mol. The molecular formula is C20H21F2N10O8PS2. The Morgan fingerprint density at radius 1 is 1.02 bits per heavy atom. The van der Waals surface area contributed by atoms with Crippen LogP contribution in [0.3, 0.4) is 0 Å². The number of ether oxygens (including phenoxy) is 2. The van der Waals surface area contributed by atoms with Crippen molar-refractivity contribution in [3.63, 3.8) is 0 Å². The van der Waals surface area contributed by atoms with Crippen molar-refractivity contribution >= 4 is 56.7 Å². The van der Waals surface area contributed by atoms with Crippen molar-refractivity contribution in [2.75, 3.05) is 18.9 Å². The predicted octanol–water partition coefficient (Wildman–Crippen LogP) is -1.07. The molecule has 9 atom stereocenters. The van der Waals surface area contributed by atoms with Gasteiger partial charge in [-0.25, -0.2) is 37.9 Å². The highest BCUT2D eigenvalue weighted by atomic mass is 32.5. The SMILES string of the molecule is Nc1ncnc2c1ncn2[C@@H]1O[C@@H]2COP(O)(=S)[C@H]3[C@@H](F)[C@@H](n4cnc5c(=O)[nH]cnc54)O[C@@H]3CNS(=O)(=O)O[C@H]2[C@H]1F. The Morgan fingerprint density at radius 3 is 2.47 bits per heavy atom. The summed E-state index contributed by atoms with van der Waals surface area (Å²) in [5.41, 5.74) is 3.81. The van der Waals surface area contributed by atoms with Crippen LogP contribution in [0, 0.1) is 0 Å².